The Bertz CT molecular complexity index is 1170. The van der Waals surface area contributed by atoms with Crippen LogP contribution < -0.4 is 0 Å². The molecular formula is C43H73O11P. The van der Waals surface area contributed by atoms with Crippen molar-refractivity contribution in [2.45, 2.75) is 173 Å². The summed E-state index contributed by atoms with van der Waals surface area (Å²) in [7, 11) is -4.84. The maximum atomic E-state index is 12.4. The Hall–Kier alpha value is -2.63. The number of carbonyl (C=O) groups excluding carboxylic acids is 2. The Balaban J connectivity index is 4.29. The van der Waals surface area contributed by atoms with Gasteiger partial charge in [0.25, 0.3) is 0 Å². The van der Waals surface area contributed by atoms with Crippen molar-refractivity contribution in [1.29, 1.82) is 0 Å². The predicted octanol–water partition coefficient (Wildman–Crippen LogP) is 9.20. The van der Waals surface area contributed by atoms with Gasteiger partial charge in [0.05, 0.1) is 24.9 Å². The lowest BCUT2D eigenvalue weighted by atomic mass is 10.1. The molecule has 0 fully saturated rings. The minimum absolute atomic E-state index is 0.0907. The zero-order valence-electron chi connectivity index (χ0n) is 33.6. The van der Waals surface area contributed by atoms with Crippen LogP contribution in [0.25, 0.3) is 0 Å². The smallest absolute Gasteiger partial charge is 0.462 e. The van der Waals surface area contributed by atoms with E-state index in [4.69, 9.17) is 19.3 Å². The average molecular weight is 797 g/mol. The van der Waals surface area contributed by atoms with Crippen LogP contribution in [0.15, 0.2) is 72.9 Å². The first-order chi connectivity index (χ1) is 26.5. The van der Waals surface area contributed by atoms with E-state index in [2.05, 4.69) is 42.7 Å². The highest BCUT2D eigenvalue weighted by Crippen LogP contribution is 2.36. The quantitative estimate of drug-likeness (QED) is 0.0134. The molecule has 0 rings (SSSR count). The molecule has 55 heavy (non-hydrogen) atoms. The van der Waals surface area contributed by atoms with Crippen LogP contribution in [-0.2, 0) is 28.2 Å². The number of hydrogen-bond donors (Lipinski definition) is 5. The second-order valence-corrected chi connectivity index (χ2v) is 15.1. The lowest BCUT2D eigenvalue weighted by molar-refractivity contribution is -0.161. The van der Waals surface area contributed by atoms with Gasteiger partial charge in [-0.2, -0.15) is 0 Å². The van der Waals surface area contributed by atoms with Gasteiger partial charge in [-0.25, -0.2) is 4.57 Å². The normalized spacial score (nSPS) is 15.0. The van der Waals surface area contributed by atoms with Crippen LogP contribution >= 0.6 is 7.82 Å². The van der Waals surface area contributed by atoms with Crippen molar-refractivity contribution >= 4 is 19.8 Å². The predicted molar refractivity (Wildman–Crippen MR) is 220 cm³/mol. The van der Waals surface area contributed by atoms with Crippen LogP contribution in [0.4, 0.5) is 0 Å². The molecule has 0 amide bonds. The second-order valence-electron chi connectivity index (χ2n) is 13.8. The molecule has 0 saturated heterocycles. The summed E-state index contributed by atoms with van der Waals surface area (Å²) in [6, 6.07) is 0. The summed E-state index contributed by atoms with van der Waals surface area (Å²) >= 11 is 0. The molecule has 0 aromatic carbocycles. The maximum absolute atomic E-state index is 12.4. The first kappa shape index (κ1) is 52.4. The van der Waals surface area contributed by atoms with E-state index in [0.29, 0.717) is 6.42 Å². The highest BCUT2D eigenvalue weighted by Gasteiger charge is 2.23. The van der Waals surface area contributed by atoms with E-state index >= 15 is 0 Å². The molecule has 11 nitrogen and oxygen atoms in total. The number of hydrogen-bond acceptors (Lipinski definition) is 9. The molecular weight excluding hydrogens is 723 g/mol. The van der Waals surface area contributed by atoms with Crippen molar-refractivity contribution in [3.8, 4) is 0 Å². The summed E-state index contributed by atoms with van der Waals surface area (Å²) < 4.78 is 26.2. The summed E-state index contributed by atoms with van der Waals surface area (Å²) in [5.74, 6) is -1.23. The third kappa shape index (κ3) is 38.0. The number of phosphoric ester groups is 1. The van der Waals surface area contributed by atoms with Crippen molar-refractivity contribution in [3.63, 3.8) is 0 Å². The zero-order valence-corrected chi connectivity index (χ0v) is 34.5. The molecule has 0 unspecified atom stereocenters. The van der Waals surface area contributed by atoms with E-state index in [1.165, 1.54) is 38.2 Å². The molecule has 0 heterocycles. The first-order valence-corrected chi connectivity index (χ1v) is 22.1. The second kappa shape index (κ2) is 37.0. The van der Waals surface area contributed by atoms with Gasteiger partial charge < -0.3 is 34.6 Å². The van der Waals surface area contributed by atoms with E-state index < -0.39 is 57.4 Å². The van der Waals surface area contributed by atoms with Crippen LogP contribution in [0.5, 0.6) is 0 Å². The van der Waals surface area contributed by atoms with Crippen molar-refractivity contribution in [1.82, 2.24) is 0 Å². The van der Waals surface area contributed by atoms with E-state index in [1.807, 2.05) is 0 Å². The lowest BCUT2D eigenvalue weighted by Gasteiger charge is -2.18. The number of rotatable bonds is 36. The molecule has 0 radical (unpaired) electrons. The molecule has 0 bridgehead atoms. The number of phosphoric acid groups is 1. The number of esters is 2. The summed E-state index contributed by atoms with van der Waals surface area (Å²) in [4.78, 5) is 42.9. The Morgan fingerprint density at radius 1 is 0.600 bits per heavy atom. The molecule has 0 saturated carbocycles. The molecule has 0 aromatic heterocycles. The monoisotopic (exact) mass is 796 g/mol. The average Bonchev–Trinajstić information content (AvgIpc) is 3.14. The number of aliphatic hydroxyl groups excluding tert-OH is 3. The molecule has 316 valence electrons. The van der Waals surface area contributed by atoms with Crippen molar-refractivity contribution in [2.24, 2.45) is 0 Å². The van der Waals surface area contributed by atoms with Crippen LogP contribution in [0, 0.1) is 0 Å². The Morgan fingerprint density at radius 2 is 1.15 bits per heavy atom. The van der Waals surface area contributed by atoms with Crippen molar-refractivity contribution in [2.75, 3.05) is 13.2 Å². The molecule has 5 N–H and O–H groups in total. The molecule has 0 spiro atoms. The number of aliphatic hydroxyl groups is 3. The summed E-state index contributed by atoms with van der Waals surface area (Å²) in [6.45, 7) is 3.24. The zero-order chi connectivity index (χ0) is 40.8. The van der Waals surface area contributed by atoms with Gasteiger partial charge >= 0.3 is 19.8 Å². The van der Waals surface area contributed by atoms with Crippen molar-refractivity contribution in [3.05, 3.63) is 72.9 Å². The third-order valence-corrected chi connectivity index (χ3v) is 9.05. The Morgan fingerprint density at radius 3 is 1.78 bits per heavy atom. The van der Waals surface area contributed by atoms with E-state index in [-0.39, 0.29) is 25.7 Å². The number of unbranched alkanes of at least 4 members (excludes halogenated alkanes) is 12. The van der Waals surface area contributed by atoms with Crippen LogP contribution in [0.2, 0.25) is 0 Å². The number of carbonyl (C=O) groups is 2. The Kier molecular flexibility index (Phi) is 35.2. The molecule has 12 heteroatoms. The van der Waals surface area contributed by atoms with Crippen LogP contribution in [0.1, 0.15) is 149 Å². The van der Waals surface area contributed by atoms with Gasteiger partial charge in [-0.15, -0.1) is 0 Å². The SMILES string of the molecule is CCCCC/C=C\C/C=C\CCCCCCCCCC(=O)O[C@H](COC(=O)CCC[C@@H](O)[C@H](O)/C=C/C=C/C=C\C=C\[C@H](O)CCCCC)COP(=O)(O)O. The largest absolute Gasteiger partial charge is 0.469 e. The van der Waals surface area contributed by atoms with E-state index in [9.17, 15) is 29.5 Å². The fraction of sp³-hybridized carbons (Fsp3) is 0.674. The van der Waals surface area contributed by atoms with Gasteiger partial charge in [0, 0.05) is 12.8 Å². The van der Waals surface area contributed by atoms with Gasteiger partial charge in [0.2, 0.25) is 0 Å². The molecule has 4 atom stereocenters. The molecule has 0 aliphatic heterocycles. The van der Waals surface area contributed by atoms with Crippen LogP contribution in [-0.4, -0.2) is 74.7 Å². The topological polar surface area (TPSA) is 180 Å². The minimum atomic E-state index is -4.84. The third-order valence-electron chi connectivity index (χ3n) is 8.56. The van der Waals surface area contributed by atoms with Gasteiger partial charge in [-0.1, -0.05) is 151 Å². The lowest BCUT2D eigenvalue weighted by Crippen LogP contribution is -2.29. The molecule has 0 aromatic rings. The summed E-state index contributed by atoms with van der Waals surface area (Å²) in [6.07, 6.45) is 37.0. The highest BCUT2D eigenvalue weighted by atomic mass is 31.2. The van der Waals surface area contributed by atoms with Gasteiger partial charge in [-0.3, -0.25) is 14.1 Å². The summed E-state index contributed by atoms with van der Waals surface area (Å²) in [5.41, 5.74) is 0. The van der Waals surface area contributed by atoms with Gasteiger partial charge in [-0.05, 0) is 57.8 Å². The number of ether oxygens (including phenoxy) is 2. The minimum Gasteiger partial charge on any atom is -0.462 e. The Labute approximate surface area is 331 Å². The number of allylic oxidation sites excluding steroid dienone is 10. The fourth-order valence-corrected chi connectivity index (χ4v) is 5.68. The highest BCUT2D eigenvalue weighted by molar-refractivity contribution is 7.46. The van der Waals surface area contributed by atoms with E-state index in [0.717, 1.165) is 70.6 Å². The standard InChI is InChI=1S/C43H73O11P/c1-3-5-7-8-9-10-11-12-13-14-15-16-17-18-19-24-28-34-43(48)54-39(37-53-55(49,50)51)36-52-42(47)35-29-33-41(46)40(45)32-27-23-21-20-22-26-31-38(44)30-25-6-4-2/h9-10,12-13,20-23,26-27,31-32,38-41,44-46H,3-8,11,14-19,24-25,28-30,33-37H2,1-2H3,(H2,49,50,51)/b10-9-,13-12-,22-20-,23-21+,31-26+,32-27+/t38-,39-,40-,41-/m1/s1. The summed E-state index contributed by atoms with van der Waals surface area (Å²) in [5, 5.41) is 30.3. The molecule has 0 aliphatic rings. The maximum Gasteiger partial charge on any atom is 0.469 e. The molecule has 0 aliphatic carbocycles. The van der Waals surface area contributed by atoms with Crippen molar-refractivity contribution < 1.29 is 53.3 Å². The fourth-order valence-electron chi connectivity index (χ4n) is 5.31. The van der Waals surface area contributed by atoms with Gasteiger partial charge in [0.15, 0.2) is 6.10 Å². The first-order valence-electron chi connectivity index (χ1n) is 20.6. The van der Waals surface area contributed by atoms with E-state index in [1.54, 1.807) is 42.5 Å². The van der Waals surface area contributed by atoms with Crippen LogP contribution in [0.3, 0.4) is 0 Å². The van der Waals surface area contributed by atoms with Gasteiger partial charge in [0.1, 0.15) is 6.61 Å².